The Bertz CT molecular complexity index is 1370. The van der Waals surface area contributed by atoms with Crippen LogP contribution in [0.1, 0.15) is 58.1 Å². The number of ketones is 1. The van der Waals surface area contributed by atoms with E-state index in [4.69, 9.17) is 10.3 Å². The molecule has 164 valence electrons. The van der Waals surface area contributed by atoms with Gasteiger partial charge in [0.15, 0.2) is 11.8 Å². The van der Waals surface area contributed by atoms with E-state index in [2.05, 4.69) is 15.6 Å². The van der Waals surface area contributed by atoms with E-state index in [9.17, 15) is 9.59 Å². The highest BCUT2D eigenvalue weighted by Crippen LogP contribution is 2.42. The molecule has 0 atom stereocenters. The number of fused-ring (bicyclic) bond motifs is 1. The minimum Gasteiger partial charge on any atom is -0.397 e. The van der Waals surface area contributed by atoms with Gasteiger partial charge in [-0.3, -0.25) is 19.4 Å². The lowest BCUT2D eigenvalue weighted by Crippen LogP contribution is -2.36. The highest BCUT2D eigenvalue weighted by atomic mass is 32.1. The van der Waals surface area contributed by atoms with E-state index in [1.807, 2.05) is 45.0 Å². The van der Waals surface area contributed by atoms with Crippen molar-refractivity contribution in [2.45, 2.75) is 40.7 Å². The second kappa shape index (κ2) is 8.16. The number of amides is 1. The van der Waals surface area contributed by atoms with E-state index in [0.29, 0.717) is 31.9 Å². The van der Waals surface area contributed by atoms with Crippen molar-refractivity contribution in [3.8, 4) is 11.1 Å². The lowest BCUT2D eigenvalue weighted by atomic mass is 9.92. The van der Waals surface area contributed by atoms with Crippen LogP contribution in [0.2, 0.25) is 0 Å². The predicted octanol–water partition coefficient (Wildman–Crippen LogP) is 4.47. The Morgan fingerprint density at radius 3 is 2.62 bits per heavy atom. The van der Waals surface area contributed by atoms with Gasteiger partial charge in [-0.05, 0) is 44.9 Å². The summed E-state index contributed by atoms with van der Waals surface area (Å²) in [4.78, 5) is 31.1. The van der Waals surface area contributed by atoms with E-state index in [1.54, 1.807) is 17.8 Å². The largest absolute Gasteiger partial charge is 0.397 e. The number of nitrogens with one attached hydrogen (secondary N) is 1. The smallest absolute Gasteiger partial charge is 0.302 e. The number of rotatable bonds is 5. The first-order valence-corrected chi connectivity index (χ1v) is 11.0. The van der Waals surface area contributed by atoms with Crippen molar-refractivity contribution in [1.82, 2.24) is 10.3 Å². The number of anilines is 2. The number of thiophene rings is 1. The highest BCUT2D eigenvalue weighted by Gasteiger charge is 2.26. The number of aryl methyl sites for hydroxylation is 2. The van der Waals surface area contributed by atoms with E-state index < -0.39 is 5.91 Å². The van der Waals surface area contributed by atoms with Crippen molar-refractivity contribution < 1.29 is 18.8 Å². The molecule has 0 fully saturated rings. The molecule has 0 spiro atoms. The summed E-state index contributed by atoms with van der Waals surface area (Å²) in [5, 5.41) is 7.19. The van der Waals surface area contributed by atoms with Crippen molar-refractivity contribution >= 4 is 44.8 Å². The maximum absolute atomic E-state index is 13.0. The monoisotopic (exact) mass is 450 g/mol. The number of pyridine rings is 1. The summed E-state index contributed by atoms with van der Waals surface area (Å²) < 4.78 is 6.79. The molecule has 0 unspecified atom stereocenters. The average Bonchev–Trinajstić information content (AvgIpc) is 3.31. The average molecular weight is 451 g/mol. The fourth-order valence-corrected chi connectivity index (χ4v) is 4.73. The molecule has 1 amide bonds. The number of carbonyl (C=O) groups excluding carboxylic acids is 2. The predicted molar refractivity (Wildman–Crippen MR) is 124 cm³/mol. The molecule has 3 aromatic heterocycles. The molecule has 0 saturated heterocycles. The van der Waals surface area contributed by atoms with Gasteiger partial charge in [0.05, 0.1) is 11.4 Å². The maximum atomic E-state index is 13.0. The molecule has 4 rings (SSSR count). The van der Waals surface area contributed by atoms with Crippen molar-refractivity contribution in [2.75, 3.05) is 11.1 Å². The number of Topliss-reactive ketones (excluding diaryl/α,β-unsaturated/α-hetero) is 1. The lowest BCUT2D eigenvalue weighted by Gasteiger charge is -2.13. The molecule has 0 aliphatic rings. The van der Waals surface area contributed by atoms with Gasteiger partial charge >= 0.3 is 5.88 Å². The second-order valence-corrected chi connectivity index (χ2v) is 8.99. The molecule has 3 N–H and O–H groups in total. The van der Waals surface area contributed by atoms with Gasteiger partial charge in [-0.25, -0.2) is 4.98 Å². The Morgan fingerprint density at radius 2 is 2.00 bits per heavy atom. The number of nitrogen functional groups attached to an aromatic ring is 1. The van der Waals surface area contributed by atoms with Crippen LogP contribution in [0.25, 0.3) is 21.3 Å². The summed E-state index contributed by atoms with van der Waals surface area (Å²) in [5.74, 6) is -0.312. The minimum atomic E-state index is -0.422. The van der Waals surface area contributed by atoms with Crippen LogP contribution in [0.3, 0.4) is 0 Å². The summed E-state index contributed by atoms with van der Waals surface area (Å²) in [6, 6.07) is 7.94. The number of benzene rings is 1. The van der Waals surface area contributed by atoms with Gasteiger partial charge < -0.3 is 5.73 Å². The zero-order chi connectivity index (χ0) is 23.2. The minimum absolute atomic E-state index is 0.0906. The molecular formula is C23H24N5O3S+. The van der Waals surface area contributed by atoms with Gasteiger partial charge in [0, 0.05) is 16.5 Å². The molecule has 1 aromatic carbocycles. The third-order valence-corrected chi connectivity index (χ3v) is 6.27. The normalized spacial score (nSPS) is 11.3. The molecule has 8 nitrogen and oxygen atoms in total. The van der Waals surface area contributed by atoms with Crippen LogP contribution in [0, 0.1) is 13.8 Å². The summed E-state index contributed by atoms with van der Waals surface area (Å²) in [6.45, 7) is 9.19. The number of carbonyl (C=O) groups is 2. The first kappa shape index (κ1) is 21.6. The van der Waals surface area contributed by atoms with Gasteiger partial charge in [0.2, 0.25) is 5.27 Å². The number of hydrogen-bond acceptors (Lipinski definition) is 7. The summed E-state index contributed by atoms with van der Waals surface area (Å²) in [6.07, 6.45) is 1.61. The second-order valence-electron chi connectivity index (χ2n) is 7.99. The van der Waals surface area contributed by atoms with Gasteiger partial charge in [-0.15, -0.1) is 11.3 Å². The zero-order valence-electron chi connectivity index (χ0n) is 18.5. The van der Waals surface area contributed by atoms with Gasteiger partial charge in [-0.1, -0.05) is 29.8 Å². The van der Waals surface area contributed by atoms with Gasteiger partial charge in [0.1, 0.15) is 9.71 Å². The molecular weight excluding hydrogens is 426 g/mol. The van der Waals surface area contributed by atoms with Crippen LogP contribution < -0.4 is 15.7 Å². The Labute approximate surface area is 189 Å². The molecule has 0 aliphatic heterocycles. The fourth-order valence-electron chi connectivity index (χ4n) is 3.68. The van der Waals surface area contributed by atoms with E-state index in [-0.39, 0.29) is 23.4 Å². The Hall–Kier alpha value is -3.59. The summed E-state index contributed by atoms with van der Waals surface area (Å²) in [5.41, 5.74) is 10.5. The Morgan fingerprint density at radius 1 is 1.25 bits per heavy atom. The summed E-state index contributed by atoms with van der Waals surface area (Å²) >= 11 is 1.18. The van der Waals surface area contributed by atoms with Crippen LogP contribution >= 0.6 is 11.3 Å². The van der Waals surface area contributed by atoms with Crippen LogP contribution in [-0.2, 0) is 0 Å². The molecule has 0 saturated carbocycles. The van der Waals surface area contributed by atoms with E-state index in [0.717, 1.165) is 11.1 Å². The van der Waals surface area contributed by atoms with E-state index >= 15 is 0 Å². The molecule has 0 bridgehead atoms. The van der Waals surface area contributed by atoms with Crippen LogP contribution in [0.15, 0.2) is 35.0 Å². The highest BCUT2D eigenvalue weighted by molar-refractivity contribution is 7.21. The number of nitrogens with zero attached hydrogens (tertiary/aromatic N) is 3. The van der Waals surface area contributed by atoms with Crippen molar-refractivity contribution in [3.05, 3.63) is 52.2 Å². The van der Waals surface area contributed by atoms with Crippen molar-refractivity contribution in [3.63, 3.8) is 0 Å². The quantitative estimate of drug-likeness (QED) is 0.342. The standard InChI is InChI=1S/C23H23N5O3S/c1-11(2)28-10-16(31-27-28)26-22(30)21-20(24)19-18(15-8-6-7-12(3)9-15)17(14(5)29)13(4)25-23(19)32-21/h6-11H,1-5H3,(H2-,24,26,27,30)/p+1. The first-order valence-electron chi connectivity index (χ1n) is 10.2. The SMILES string of the molecule is CC(=O)c1c(C)nc2sc(C(=O)Nc3c[n+](C(C)C)no3)c(N)c2c1-c1cccc(C)c1. The third kappa shape index (κ3) is 3.75. The fraction of sp³-hybridized carbons (Fsp3) is 0.261. The summed E-state index contributed by atoms with van der Waals surface area (Å²) in [7, 11) is 0. The maximum Gasteiger partial charge on any atom is 0.302 e. The van der Waals surface area contributed by atoms with Crippen molar-refractivity contribution in [2.24, 2.45) is 0 Å². The van der Waals surface area contributed by atoms with E-state index in [1.165, 1.54) is 18.3 Å². The molecule has 32 heavy (non-hydrogen) atoms. The van der Waals surface area contributed by atoms with Crippen LogP contribution in [0.4, 0.5) is 11.6 Å². The van der Waals surface area contributed by atoms with Gasteiger partial charge in [0.25, 0.3) is 12.1 Å². The topological polar surface area (TPSA) is 115 Å². The number of aromatic nitrogens is 3. The number of nitrogens with two attached hydrogens (primary N) is 1. The lowest BCUT2D eigenvalue weighted by molar-refractivity contribution is -0.779. The molecule has 0 radical (unpaired) electrons. The Kier molecular flexibility index (Phi) is 5.52. The molecule has 9 heteroatoms. The molecule has 3 heterocycles. The van der Waals surface area contributed by atoms with Crippen LogP contribution in [0.5, 0.6) is 0 Å². The van der Waals surface area contributed by atoms with Gasteiger partial charge in [-0.2, -0.15) is 0 Å². The van der Waals surface area contributed by atoms with Crippen LogP contribution in [-0.4, -0.2) is 21.9 Å². The molecule has 4 aromatic rings. The Balaban J connectivity index is 1.88. The van der Waals surface area contributed by atoms with Crippen molar-refractivity contribution in [1.29, 1.82) is 0 Å². The first-order chi connectivity index (χ1) is 15.2. The number of hydrogen-bond donors (Lipinski definition) is 2. The third-order valence-electron chi connectivity index (χ3n) is 5.17. The molecule has 0 aliphatic carbocycles. The zero-order valence-corrected chi connectivity index (χ0v) is 19.3.